The van der Waals surface area contributed by atoms with E-state index < -0.39 is 0 Å². The van der Waals surface area contributed by atoms with E-state index in [1.165, 1.54) is 11.8 Å². The van der Waals surface area contributed by atoms with E-state index in [2.05, 4.69) is 15.5 Å². The van der Waals surface area contributed by atoms with Gasteiger partial charge >= 0.3 is 0 Å². The molecule has 1 aliphatic rings. The van der Waals surface area contributed by atoms with Crippen LogP contribution in [0.5, 0.6) is 0 Å². The topological polar surface area (TPSA) is 105 Å². The second kappa shape index (κ2) is 10.9. The fourth-order valence-electron chi connectivity index (χ4n) is 3.45. The maximum absolute atomic E-state index is 12.2. The molecule has 1 fully saturated rings. The van der Waals surface area contributed by atoms with Gasteiger partial charge in [0.15, 0.2) is 0 Å². The lowest BCUT2D eigenvalue weighted by Gasteiger charge is -2.32. The smallest absolute Gasteiger partial charge is 0.234 e. The number of nitrogens with two attached hydrogens (primary N) is 1. The van der Waals surface area contributed by atoms with E-state index in [1.807, 2.05) is 55.5 Å². The van der Waals surface area contributed by atoms with Crippen molar-refractivity contribution in [3.05, 3.63) is 54.1 Å². The number of nitrogens with one attached hydrogen (secondary N) is 2. The molecule has 8 heteroatoms. The van der Waals surface area contributed by atoms with Crippen LogP contribution in [-0.4, -0.2) is 42.3 Å². The summed E-state index contributed by atoms with van der Waals surface area (Å²) in [5.41, 5.74) is 9.04. The van der Waals surface area contributed by atoms with Gasteiger partial charge in [-0.15, -0.1) is 11.8 Å². The standard InChI is InChI=1S/C23H28N4O3S/c1-16-2-4-18(5-3-16)25-21(28)14-31-15-22(29)26-19-6-8-20(9-7-19)27-12-10-17(11-13-27)23(24)30/h2-9,17H,10-15H2,1H3,(H2,24,30)(H,25,28)(H,26,29). The summed E-state index contributed by atoms with van der Waals surface area (Å²) in [5.74, 6) is -0.130. The van der Waals surface area contributed by atoms with Crippen LogP contribution in [0.15, 0.2) is 48.5 Å². The highest BCUT2D eigenvalue weighted by molar-refractivity contribution is 8.00. The molecule has 0 saturated carbocycles. The summed E-state index contributed by atoms with van der Waals surface area (Å²) >= 11 is 1.27. The Morgan fingerprint density at radius 3 is 1.87 bits per heavy atom. The zero-order chi connectivity index (χ0) is 22.2. The van der Waals surface area contributed by atoms with Crippen molar-refractivity contribution >= 4 is 46.5 Å². The number of amides is 3. The SMILES string of the molecule is Cc1ccc(NC(=O)CSCC(=O)Nc2ccc(N3CCC(C(N)=O)CC3)cc2)cc1. The number of rotatable bonds is 8. The van der Waals surface area contributed by atoms with Crippen molar-refractivity contribution < 1.29 is 14.4 Å². The highest BCUT2D eigenvalue weighted by Crippen LogP contribution is 2.24. The van der Waals surface area contributed by atoms with E-state index in [0.717, 1.165) is 42.9 Å². The maximum Gasteiger partial charge on any atom is 0.234 e. The number of hydrogen-bond acceptors (Lipinski definition) is 5. The monoisotopic (exact) mass is 440 g/mol. The summed E-state index contributed by atoms with van der Waals surface area (Å²) in [4.78, 5) is 37.7. The summed E-state index contributed by atoms with van der Waals surface area (Å²) in [6, 6.07) is 15.2. The molecule has 1 aliphatic heterocycles. The maximum atomic E-state index is 12.2. The van der Waals surface area contributed by atoms with Gasteiger partial charge < -0.3 is 21.3 Å². The van der Waals surface area contributed by atoms with Gasteiger partial charge in [-0.05, 0) is 56.2 Å². The highest BCUT2D eigenvalue weighted by Gasteiger charge is 2.23. The van der Waals surface area contributed by atoms with Gasteiger partial charge in [0, 0.05) is 36.1 Å². The van der Waals surface area contributed by atoms with Crippen LogP contribution in [-0.2, 0) is 14.4 Å². The van der Waals surface area contributed by atoms with Gasteiger partial charge in [-0.2, -0.15) is 0 Å². The van der Waals surface area contributed by atoms with E-state index in [0.29, 0.717) is 5.69 Å². The molecular weight excluding hydrogens is 412 g/mol. The fourth-order valence-corrected chi connectivity index (χ4v) is 4.06. The molecule has 1 saturated heterocycles. The Kier molecular flexibility index (Phi) is 7.94. The second-order valence-electron chi connectivity index (χ2n) is 7.67. The summed E-state index contributed by atoms with van der Waals surface area (Å²) in [6.07, 6.45) is 1.53. The molecule has 3 rings (SSSR count). The van der Waals surface area contributed by atoms with E-state index in [9.17, 15) is 14.4 Å². The van der Waals surface area contributed by atoms with E-state index in [-0.39, 0.29) is 35.1 Å². The number of anilines is 3. The molecule has 0 radical (unpaired) electrons. The minimum absolute atomic E-state index is 0.0358. The van der Waals surface area contributed by atoms with Gasteiger partial charge in [0.2, 0.25) is 17.7 Å². The summed E-state index contributed by atoms with van der Waals surface area (Å²) in [7, 11) is 0. The molecule has 0 spiro atoms. The molecule has 164 valence electrons. The van der Waals surface area contributed by atoms with Crippen LogP contribution < -0.4 is 21.3 Å². The first-order valence-corrected chi connectivity index (χ1v) is 11.4. The lowest BCUT2D eigenvalue weighted by Crippen LogP contribution is -2.38. The predicted octanol–water partition coefficient (Wildman–Crippen LogP) is 3.01. The van der Waals surface area contributed by atoms with Crippen LogP contribution in [0.25, 0.3) is 0 Å². The lowest BCUT2D eigenvalue weighted by molar-refractivity contribution is -0.122. The van der Waals surface area contributed by atoms with Crippen LogP contribution in [0, 0.1) is 12.8 Å². The molecule has 0 unspecified atom stereocenters. The molecule has 0 atom stereocenters. The first kappa shape index (κ1) is 22.7. The Hall–Kier alpha value is -3.00. The minimum atomic E-state index is -0.219. The number of benzene rings is 2. The molecule has 2 aromatic carbocycles. The van der Waals surface area contributed by atoms with E-state index in [1.54, 1.807) is 0 Å². The number of aryl methyl sites for hydroxylation is 1. The van der Waals surface area contributed by atoms with E-state index >= 15 is 0 Å². The Bertz CT molecular complexity index is 907. The molecule has 1 heterocycles. The van der Waals surface area contributed by atoms with Crippen LogP contribution in [0.2, 0.25) is 0 Å². The predicted molar refractivity (Wildman–Crippen MR) is 126 cm³/mol. The molecule has 4 N–H and O–H groups in total. The Balaban J connectivity index is 1.38. The van der Waals surface area contributed by atoms with Crippen molar-refractivity contribution in [2.45, 2.75) is 19.8 Å². The number of nitrogens with zero attached hydrogens (tertiary/aromatic N) is 1. The van der Waals surface area contributed by atoms with Crippen LogP contribution >= 0.6 is 11.8 Å². The van der Waals surface area contributed by atoms with E-state index in [4.69, 9.17) is 5.73 Å². The van der Waals surface area contributed by atoms with Crippen LogP contribution in [0.3, 0.4) is 0 Å². The van der Waals surface area contributed by atoms with Crippen molar-refractivity contribution in [3.63, 3.8) is 0 Å². The molecule has 3 amide bonds. The lowest BCUT2D eigenvalue weighted by atomic mass is 9.96. The highest BCUT2D eigenvalue weighted by atomic mass is 32.2. The quantitative estimate of drug-likeness (QED) is 0.585. The zero-order valence-corrected chi connectivity index (χ0v) is 18.4. The third-order valence-electron chi connectivity index (χ3n) is 5.22. The van der Waals surface area contributed by atoms with Gasteiger partial charge in [0.05, 0.1) is 11.5 Å². The molecule has 0 aromatic heterocycles. The largest absolute Gasteiger partial charge is 0.371 e. The number of thioether (sulfide) groups is 1. The number of carbonyl (C=O) groups excluding carboxylic acids is 3. The van der Waals surface area contributed by atoms with Crippen molar-refractivity contribution in [1.29, 1.82) is 0 Å². The third kappa shape index (κ3) is 7.03. The van der Waals surface area contributed by atoms with Crippen molar-refractivity contribution in [3.8, 4) is 0 Å². The fraction of sp³-hybridized carbons (Fsp3) is 0.348. The Labute approximate surface area is 186 Å². The first-order chi connectivity index (χ1) is 14.9. The Morgan fingerprint density at radius 1 is 0.903 bits per heavy atom. The van der Waals surface area contributed by atoms with Gasteiger partial charge in [-0.25, -0.2) is 0 Å². The minimum Gasteiger partial charge on any atom is -0.371 e. The van der Waals surface area contributed by atoms with Crippen LogP contribution in [0.4, 0.5) is 17.1 Å². The summed E-state index contributed by atoms with van der Waals surface area (Å²) in [6.45, 7) is 3.57. The number of carbonyl (C=O) groups is 3. The molecule has 0 bridgehead atoms. The van der Waals surface area contributed by atoms with Crippen molar-refractivity contribution in [1.82, 2.24) is 0 Å². The molecule has 7 nitrogen and oxygen atoms in total. The zero-order valence-electron chi connectivity index (χ0n) is 17.6. The normalized spacial score (nSPS) is 14.2. The average Bonchev–Trinajstić information content (AvgIpc) is 2.76. The first-order valence-electron chi connectivity index (χ1n) is 10.3. The van der Waals surface area contributed by atoms with Gasteiger partial charge in [0.25, 0.3) is 0 Å². The van der Waals surface area contributed by atoms with Crippen molar-refractivity contribution in [2.75, 3.05) is 40.1 Å². The number of hydrogen-bond donors (Lipinski definition) is 3. The molecule has 2 aromatic rings. The van der Waals surface area contributed by atoms with Crippen molar-refractivity contribution in [2.24, 2.45) is 11.7 Å². The number of primary amides is 1. The summed E-state index contributed by atoms with van der Waals surface area (Å²) < 4.78 is 0. The molecular formula is C23H28N4O3S. The molecule has 0 aliphatic carbocycles. The summed E-state index contributed by atoms with van der Waals surface area (Å²) in [5, 5.41) is 5.67. The van der Waals surface area contributed by atoms with Gasteiger partial charge in [0.1, 0.15) is 0 Å². The molecule has 31 heavy (non-hydrogen) atoms. The van der Waals surface area contributed by atoms with Crippen LogP contribution in [0.1, 0.15) is 18.4 Å². The second-order valence-corrected chi connectivity index (χ2v) is 8.65. The number of piperidine rings is 1. The Morgan fingerprint density at radius 2 is 1.39 bits per heavy atom. The van der Waals surface area contributed by atoms with Gasteiger partial charge in [-0.3, -0.25) is 14.4 Å². The average molecular weight is 441 g/mol. The van der Waals surface area contributed by atoms with Gasteiger partial charge in [-0.1, -0.05) is 17.7 Å². The third-order valence-corrected chi connectivity index (χ3v) is 6.15.